The molecule has 1 saturated carbocycles. The highest BCUT2D eigenvalue weighted by atomic mass is 19.1. The SMILES string of the molecule is O=C1O[C@@H](Cn2ccnn2)CN1c1ccc(N2C[C@H]3CC(NCc4ccccc4)C[C@H]3C2)c(F)c1. The van der Waals surface area contributed by atoms with Gasteiger partial charge in [-0.2, -0.15) is 0 Å². The number of fused-ring (bicyclic) bond motifs is 1. The number of ether oxygens (including phenoxy) is 1. The third kappa shape index (κ3) is 4.60. The molecule has 4 atom stereocenters. The molecule has 0 radical (unpaired) electrons. The van der Waals surface area contributed by atoms with Crippen molar-refractivity contribution < 1.29 is 13.9 Å². The number of hydrogen-bond acceptors (Lipinski definition) is 6. The van der Waals surface area contributed by atoms with Crippen LogP contribution < -0.4 is 15.1 Å². The topological polar surface area (TPSA) is 75.5 Å². The lowest BCUT2D eigenvalue weighted by molar-refractivity contribution is 0.129. The Balaban J connectivity index is 1.05. The van der Waals surface area contributed by atoms with Crippen LogP contribution in [-0.4, -0.2) is 52.9 Å². The number of nitrogens with one attached hydrogen (secondary N) is 1. The minimum atomic E-state index is -0.466. The molecule has 6 rings (SSSR count). The lowest BCUT2D eigenvalue weighted by atomic mass is 10.0. The van der Waals surface area contributed by atoms with Gasteiger partial charge in [0, 0.05) is 31.9 Å². The lowest BCUT2D eigenvalue weighted by Gasteiger charge is -2.23. The molecule has 2 aromatic carbocycles. The van der Waals surface area contributed by atoms with Crippen molar-refractivity contribution in [2.75, 3.05) is 29.4 Å². The summed E-state index contributed by atoms with van der Waals surface area (Å²) < 4.78 is 22.3. The smallest absolute Gasteiger partial charge is 0.414 e. The fourth-order valence-corrected chi connectivity index (χ4v) is 5.81. The molecule has 3 fully saturated rings. The van der Waals surface area contributed by atoms with Crippen LogP contribution in [0.25, 0.3) is 0 Å². The van der Waals surface area contributed by atoms with E-state index in [1.54, 1.807) is 23.1 Å². The molecule has 1 aliphatic carbocycles. The van der Waals surface area contributed by atoms with Gasteiger partial charge in [0.25, 0.3) is 0 Å². The van der Waals surface area contributed by atoms with E-state index < -0.39 is 6.09 Å². The standard InChI is InChI=1S/C26H29FN6O2/c27-24-12-22(33-17-23(35-26(33)34)16-32-9-8-29-30-32)6-7-25(24)31-14-19-10-21(11-20(19)15-31)28-13-18-4-2-1-3-5-18/h1-9,12,19-21,23,28H,10-11,13-17H2/t19-,20+,21?,23-/m0/s1. The van der Waals surface area contributed by atoms with Crippen LogP contribution in [0.15, 0.2) is 60.9 Å². The molecular formula is C26H29FN6O2. The van der Waals surface area contributed by atoms with Crippen molar-refractivity contribution in [2.45, 2.75) is 38.1 Å². The van der Waals surface area contributed by atoms with E-state index in [1.807, 2.05) is 12.1 Å². The van der Waals surface area contributed by atoms with E-state index in [1.165, 1.54) is 16.5 Å². The van der Waals surface area contributed by atoms with Crippen LogP contribution in [0.5, 0.6) is 0 Å². The summed E-state index contributed by atoms with van der Waals surface area (Å²) in [7, 11) is 0. The Hall–Kier alpha value is -3.46. The molecule has 2 saturated heterocycles. The highest BCUT2D eigenvalue weighted by Crippen LogP contribution is 2.41. The zero-order chi connectivity index (χ0) is 23.8. The van der Waals surface area contributed by atoms with Gasteiger partial charge in [0.1, 0.15) is 11.9 Å². The van der Waals surface area contributed by atoms with Gasteiger partial charge >= 0.3 is 6.09 Å². The van der Waals surface area contributed by atoms with Crippen molar-refractivity contribution in [3.63, 3.8) is 0 Å². The quantitative estimate of drug-likeness (QED) is 0.563. The van der Waals surface area contributed by atoms with Gasteiger partial charge < -0.3 is 15.0 Å². The number of carbonyl (C=O) groups excluding carboxylic acids is 1. The van der Waals surface area contributed by atoms with Crippen LogP contribution in [0.4, 0.5) is 20.6 Å². The third-order valence-electron chi connectivity index (χ3n) is 7.51. The second-order valence-electron chi connectivity index (χ2n) is 9.84. The molecule has 3 aliphatic rings. The molecule has 1 amide bonds. The average Bonchev–Trinajstić information content (AvgIpc) is 3.63. The molecule has 0 spiro atoms. The van der Waals surface area contributed by atoms with Crippen molar-refractivity contribution in [1.82, 2.24) is 20.3 Å². The molecule has 3 aromatic rings. The van der Waals surface area contributed by atoms with Crippen molar-refractivity contribution in [2.24, 2.45) is 11.8 Å². The van der Waals surface area contributed by atoms with E-state index in [0.29, 0.717) is 42.3 Å². The van der Waals surface area contributed by atoms with Crippen molar-refractivity contribution >= 4 is 17.5 Å². The maximum Gasteiger partial charge on any atom is 0.414 e. The van der Waals surface area contributed by atoms with Crippen LogP contribution in [0, 0.1) is 17.7 Å². The van der Waals surface area contributed by atoms with Crippen LogP contribution >= 0.6 is 0 Å². The molecule has 8 nitrogen and oxygen atoms in total. The van der Waals surface area contributed by atoms with E-state index in [-0.39, 0.29) is 11.9 Å². The Bertz CT molecular complexity index is 1160. The summed E-state index contributed by atoms with van der Waals surface area (Å²) in [5.74, 6) is 0.857. The van der Waals surface area contributed by atoms with Gasteiger partial charge in [0.2, 0.25) is 0 Å². The summed E-state index contributed by atoms with van der Waals surface area (Å²) >= 11 is 0. The number of benzene rings is 2. The van der Waals surface area contributed by atoms with Crippen molar-refractivity contribution in [3.05, 3.63) is 72.3 Å². The molecule has 35 heavy (non-hydrogen) atoms. The van der Waals surface area contributed by atoms with E-state index >= 15 is 4.39 Å². The fraction of sp³-hybridized carbons (Fsp3) is 0.423. The molecule has 1 unspecified atom stereocenters. The molecule has 3 heterocycles. The van der Waals surface area contributed by atoms with Crippen LogP contribution in [0.3, 0.4) is 0 Å². The minimum absolute atomic E-state index is 0.297. The second-order valence-corrected chi connectivity index (χ2v) is 9.84. The molecule has 182 valence electrons. The minimum Gasteiger partial charge on any atom is -0.442 e. The predicted octanol–water partition coefficient (Wildman–Crippen LogP) is 3.45. The van der Waals surface area contributed by atoms with Crippen LogP contribution in [0.1, 0.15) is 18.4 Å². The Morgan fingerprint density at radius 1 is 1.06 bits per heavy atom. The number of amides is 1. The number of carbonyl (C=O) groups is 1. The highest BCUT2D eigenvalue weighted by Gasteiger charge is 2.41. The van der Waals surface area contributed by atoms with E-state index in [9.17, 15) is 4.79 Å². The average molecular weight is 477 g/mol. The first-order valence-corrected chi connectivity index (χ1v) is 12.3. The first-order chi connectivity index (χ1) is 17.1. The van der Waals surface area contributed by atoms with Gasteiger partial charge in [-0.1, -0.05) is 35.5 Å². The largest absolute Gasteiger partial charge is 0.442 e. The summed E-state index contributed by atoms with van der Waals surface area (Å²) in [4.78, 5) is 16.0. The number of nitrogens with zero attached hydrogens (tertiary/aromatic N) is 5. The molecular weight excluding hydrogens is 447 g/mol. The van der Waals surface area contributed by atoms with E-state index in [0.717, 1.165) is 32.5 Å². The number of cyclic esters (lactones) is 1. The first-order valence-electron chi connectivity index (χ1n) is 12.3. The summed E-state index contributed by atoms with van der Waals surface area (Å²) in [6.07, 6.45) is 4.73. The Labute approximate surface area is 203 Å². The molecule has 1 N–H and O–H groups in total. The second kappa shape index (κ2) is 9.30. The van der Waals surface area contributed by atoms with Crippen LogP contribution in [-0.2, 0) is 17.8 Å². The summed E-state index contributed by atoms with van der Waals surface area (Å²) in [6.45, 7) is 3.40. The van der Waals surface area contributed by atoms with E-state index in [4.69, 9.17) is 4.74 Å². The zero-order valence-electron chi connectivity index (χ0n) is 19.5. The number of aromatic nitrogens is 3. The van der Waals surface area contributed by atoms with Crippen molar-refractivity contribution in [1.29, 1.82) is 0 Å². The van der Waals surface area contributed by atoms with Gasteiger partial charge in [-0.05, 0) is 48.4 Å². The third-order valence-corrected chi connectivity index (χ3v) is 7.51. The molecule has 0 bridgehead atoms. The number of halogens is 1. The van der Waals surface area contributed by atoms with Gasteiger partial charge in [-0.25, -0.2) is 13.9 Å². The van der Waals surface area contributed by atoms with Gasteiger partial charge in [0.05, 0.1) is 30.7 Å². The van der Waals surface area contributed by atoms with E-state index in [2.05, 4.69) is 44.8 Å². The van der Waals surface area contributed by atoms with Gasteiger partial charge in [-0.15, -0.1) is 5.10 Å². The normalized spacial score (nSPS) is 25.8. The lowest BCUT2D eigenvalue weighted by Crippen LogP contribution is -2.30. The Morgan fingerprint density at radius 2 is 1.86 bits per heavy atom. The monoisotopic (exact) mass is 476 g/mol. The number of hydrogen-bond donors (Lipinski definition) is 1. The zero-order valence-corrected chi connectivity index (χ0v) is 19.5. The van der Waals surface area contributed by atoms with Crippen LogP contribution in [0.2, 0.25) is 0 Å². The Morgan fingerprint density at radius 3 is 2.57 bits per heavy atom. The molecule has 1 aromatic heterocycles. The summed E-state index contributed by atoms with van der Waals surface area (Å²) in [5, 5.41) is 11.4. The maximum absolute atomic E-state index is 15.2. The molecule has 2 aliphatic heterocycles. The first kappa shape index (κ1) is 22.0. The number of rotatable bonds is 7. The van der Waals surface area contributed by atoms with Gasteiger partial charge in [-0.3, -0.25) is 4.90 Å². The fourth-order valence-electron chi connectivity index (χ4n) is 5.81. The molecule has 9 heteroatoms. The maximum atomic E-state index is 15.2. The summed E-state index contributed by atoms with van der Waals surface area (Å²) in [5.41, 5.74) is 2.44. The predicted molar refractivity (Wildman–Crippen MR) is 130 cm³/mol. The number of anilines is 2. The Kier molecular flexibility index (Phi) is 5.85. The summed E-state index contributed by atoms with van der Waals surface area (Å²) in [6, 6.07) is 16.1. The highest BCUT2D eigenvalue weighted by molar-refractivity contribution is 5.90. The van der Waals surface area contributed by atoms with Gasteiger partial charge in [0.15, 0.2) is 0 Å². The van der Waals surface area contributed by atoms with Crippen molar-refractivity contribution in [3.8, 4) is 0 Å².